The molecule has 2 aliphatic carbocycles. The number of hydrogen-bond donors (Lipinski definition) is 0. The van der Waals surface area contributed by atoms with Crippen molar-refractivity contribution in [3.05, 3.63) is 53.6 Å². The Hall–Kier alpha value is -1.50. The lowest BCUT2D eigenvalue weighted by Gasteiger charge is -2.45. The van der Waals surface area contributed by atoms with Crippen molar-refractivity contribution in [2.24, 2.45) is 16.7 Å². The Labute approximate surface area is 167 Å². The van der Waals surface area contributed by atoms with Crippen LogP contribution >= 0.6 is 0 Å². The Morgan fingerprint density at radius 1 is 1.07 bits per heavy atom. The third-order valence-electron chi connectivity index (χ3n) is 7.94. The van der Waals surface area contributed by atoms with E-state index in [2.05, 4.69) is 88.9 Å². The quantitative estimate of drug-likeness (QED) is 0.455. The molecule has 2 aliphatic rings. The first-order chi connectivity index (χ1) is 12.8. The molecule has 0 amide bonds. The molecule has 148 valence electrons. The maximum Gasteiger partial charge on any atom is 0.0371 e. The largest absolute Gasteiger partial charge is 0.364 e. The van der Waals surface area contributed by atoms with Gasteiger partial charge in [0.25, 0.3) is 0 Å². The number of anilines is 1. The summed E-state index contributed by atoms with van der Waals surface area (Å²) in [6.45, 7) is 15.3. The average molecular weight is 366 g/mol. The molecule has 0 unspecified atom stereocenters. The predicted molar refractivity (Wildman–Crippen MR) is 119 cm³/mol. The smallest absolute Gasteiger partial charge is 0.0371 e. The molecule has 0 aromatic heterocycles. The van der Waals surface area contributed by atoms with Crippen LogP contribution in [0.3, 0.4) is 0 Å². The van der Waals surface area contributed by atoms with Gasteiger partial charge in [0.2, 0.25) is 0 Å². The van der Waals surface area contributed by atoms with Gasteiger partial charge in [0.05, 0.1) is 0 Å². The fourth-order valence-corrected chi connectivity index (χ4v) is 5.61. The van der Waals surface area contributed by atoms with Gasteiger partial charge in [-0.15, -0.1) is 0 Å². The topological polar surface area (TPSA) is 3.24 Å². The van der Waals surface area contributed by atoms with Crippen LogP contribution in [0.1, 0.15) is 73.6 Å². The first-order valence-electron chi connectivity index (χ1n) is 10.9. The number of para-hydroxylation sites is 1. The highest BCUT2D eigenvalue weighted by atomic mass is 15.2. The van der Waals surface area contributed by atoms with Crippen molar-refractivity contribution in [2.75, 3.05) is 11.4 Å². The van der Waals surface area contributed by atoms with Crippen LogP contribution in [-0.2, 0) is 0 Å². The molecule has 0 N–H and O–H groups in total. The molecule has 3 rings (SSSR count). The normalized spacial score (nSPS) is 29.0. The van der Waals surface area contributed by atoms with Gasteiger partial charge < -0.3 is 4.90 Å². The molecule has 2 bridgehead atoms. The highest BCUT2D eigenvalue weighted by Gasteiger charge is 2.62. The second-order valence-electron chi connectivity index (χ2n) is 9.98. The van der Waals surface area contributed by atoms with E-state index in [9.17, 15) is 0 Å². The van der Waals surface area contributed by atoms with E-state index in [1.807, 2.05) is 0 Å². The zero-order valence-corrected chi connectivity index (χ0v) is 18.4. The minimum Gasteiger partial charge on any atom is -0.364 e. The molecule has 0 radical (unpaired) electrons. The second-order valence-corrected chi connectivity index (χ2v) is 9.98. The molecule has 1 aromatic carbocycles. The van der Waals surface area contributed by atoms with Crippen LogP contribution in [0, 0.1) is 16.7 Å². The van der Waals surface area contributed by atoms with Crippen LogP contribution in [0.4, 0.5) is 5.69 Å². The van der Waals surface area contributed by atoms with Gasteiger partial charge in [-0.3, -0.25) is 0 Å². The third-order valence-corrected chi connectivity index (χ3v) is 7.94. The molecular weight excluding hydrogens is 326 g/mol. The minimum absolute atomic E-state index is 0.414. The number of allylic oxidation sites excluding steroid dienone is 3. The number of hydrogen-bond acceptors (Lipinski definition) is 1. The summed E-state index contributed by atoms with van der Waals surface area (Å²) < 4.78 is 0. The molecule has 0 spiro atoms. The van der Waals surface area contributed by atoms with E-state index >= 15 is 0 Å². The lowest BCUT2D eigenvalue weighted by Crippen LogP contribution is -2.47. The minimum atomic E-state index is 0.414. The molecule has 0 saturated heterocycles. The highest BCUT2D eigenvalue weighted by molar-refractivity contribution is 5.49. The standard InChI is InChI=1S/C26H39N/c1-20(2)11-10-12-21(3)16-18-27(23-13-8-7-9-14-23)24-19-22-15-17-26(24,6)25(22,4)5/h7-9,11,13-14,16,22,24H,10,12,15,17-19H2,1-6H3/b21-16+/t22-,24-,26+/m1/s1. The molecular formula is C26H39N. The van der Waals surface area contributed by atoms with Crippen molar-refractivity contribution in [3.63, 3.8) is 0 Å². The number of rotatable bonds is 7. The Bertz CT molecular complexity index is 692. The second kappa shape index (κ2) is 7.86. The fraction of sp³-hybridized carbons (Fsp3) is 0.615. The highest BCUT2D eigenvalue weighted by Crippen LogP contribution is 2.66. The van der Waals surface area contributed by atoms with Crippen LogP contribution in [0.2, 0.25) is 0 Å². The van der Waals surface area contributed by atoms with Gasteiger partial charge in [0.1, 0.15) is 0 Å². The van der Waals surface area contributed by atoms with Crippen molar-refractivity contribution in [3.8, 4) is 0 Å². The predicted octanol–water partition coefficient (Wildman–Crippen LogP) is 7.40. The van der Waals surface area contributed by atoms with Gasteiger partial charge in [-0.2, -0.15) is 0 Å². The van der Waals surface area contributed by atoms with Crippen molar-refractivity contribution in [2.45, 2.75) is 79.7 Å². The molecule has 0 aliphatic heterocycles. The van der Waals surface area contributed by atoms with Gasteiger partial charge in [0, 0.05) is 18.3 Å². The van der Waals surface area contributed by atoms with Crippen LogP contribution < -0.4 is 4.90 Å². The summed E-state index contributed by atoms with van der Waals surface area (Å²) in [5.74, 6) is 0.876. The molecule has 0 heterocycles. The molecule has 1 nitrogen and oxygen atoms in total. The molecule has 2 saturated carbocycles. The van der Waals surface area contributed by atoms with Crippen molar-refractivity contribution >= 4 is 5.69 Å². The van der Waals surface area contributed by atoms with Crippen molar-refractivity contribution in [1.29, 1.82) is 0 Å². The Morgan fingerprint density at radius 3 is 2.33 bits per heavy atom. The summed E-state index contributed by atoms with van der Waals surface area (Å²) in [7, 11) is 0. The number of benzene rings is 1. The summed E-state index contributed by atoms with van der Waals surface area (Å²) >= 11 is 0. The monoisotopic (exact) mass is 365 g/mol. The van der Waals surface area contributed by atoms with Crippen LogP contribution in [-0.4, -0.2) is 12.6 Å². The van der Waals surface area contributed by atoms with Crippen LogP contribution in [0.5, 0.6) is 0 Å². The maximum atomic E-state index is 2.71. The summed E-state index contributed by atoms with van der Waals surface area (Å²) in [5, 5.41) is 0. The summed E-state index contributed by atoms with van der Waals surface area (Å²) in [6.07, 6.45) is 11.3. The van der Waals surface area contributed by atoms with Crippen LogP contribution in [0.25, 0.3) is 0 Å². The van der Waals surface area contributed by atoms with Gasteiger partial charge in [0.15, 0.2) is 0 Å². The Morgan fingerprint density at radius 2 is 1.78 bits per heavy atom. The summed E-state index contributed by atoms with van der Waals surface area (Å²) in [5.41, 5.74) is 5.19. The lowest BCUT2D eigenvalue weighted by atomic mass is 9.68. The van der Waals surface area contributed by atoms with E-state index in [0.717, 1.165) is 18.9 Å². The van der Waals surface area contributed by atoms with Gasteiger partial charge in [-0.25, -0.2) is 0 Å². The average Bonchev–Trinajstić information content (AvgIpc) is 2.96. The van der Waals surface area contributed by atoms with Crippen molar-refractivity contribution in [1.82, 2.24) is 0 Å². The fourth-order valence-electron chi connectivity index (χ4n) is 5.61. The first-order valence-corrected chi connectivity index (χ1v) is 10.9. The maximum absolute atomic E-state index is 2.71. The van der Waals surface area contributed by atoms with Crippen LogP contribution in [0.15, 0.2) is 53.6 Å². The zero-order chi connectivity index (χ0) is 19.7. The van der Waals surface area contributed by atoms with E-state index in [-0.39, 0.29) is 0 Å². The van der Waals surface area contributed by atoms with E-state index in [0.29, 0.717) is 16.9 Å². The molecule has 1 aromatic rings. The Kier molecular flexibility index (Phi) is 5.89. The van der Waals surface area contributed by atoms with E-state index in [1.165, 1.54) is 42.5 Å². The molecule has 27 heavy (non-hydrogen) atoms. The molecule has 1 heteroatoms. The Balaban J connectivity index is 1.81. The van der Waals surface area contributed by atoms with Gasteiger partial charge in [-0.05, 0) is 81.8 Å². The zero-order valence-electron chi connectivity index (χ0n) is 18.4. The summed E-state index contributed by atoms with van der Waals surface area (Å²) in [6, 6.07) is 11.8. The lowest BCUT2D eigenvalue weighted by molar-refractivity contribution is 0.133. The first kappa shape index (κ1) is 20.2. The van der Waals surface area contributed by atoms with E-state index in [1.54, 1.807) is 0 Å². The molecule has 2 fully saturated rings. The SMILES string of the molecule is CC(C)=CCC/C(C)=C/CN(c1ccccc1)[C@@H]1C[C@H]2CC[C@]1(C)C2(C)C. The third kappa shape index (κ3) is 3.89. The number of nitrogens with zero attached hydrogens (tertiary/aromatic N) is 1. The van der Waals surface area contributed by atoms with E-state index < -0.39 is 0 Å². The van der Waals surface area contributed by atoms with Gasteiger partial charge >= 0.3 is 0 Å². The number of fused-ring (bicyclic) bond motifs is 2. The van der Waals surface area contributed by atoms with Gasteiger partial charge in [-0.1, -0.05) is 62.3 Å². The van der Waals surface area contributed by atoms with Crippen molar-refractivity contribution < 1.29 is 0 Å². The van der Waals surface area contributed by atoms with E-state index in [4.69, 9.17) is 0 Å². The summed E-state index contributed by atoms with van der Waals surface area (Å²) in [4.78, 5) is 2.71. The molecule has 3 atom stereocenters.